The summed E-state index contributed by atoms with van der Waals surface area (Å²) in [6.07, 6.45) is 6.16. The highest BCUT2D eigenvalue weighted by Crippen LogP contribution is 2.22. The summed E-state index contributed by atoms with van der Waals surface area (Å²) in [6.45, 7) is 0.553. The topological polar surface area (TPSA) is 50.9 Å². The molecule has 15 heavy (non-hydrogen) atoms. The molecule has 0 aliphatic carbocycles. The number of nitrogens with zero attached hydrogens (tertiary/aromatic N) is 1. The predicted molar refractivity (Wildman–Crippen MR) is 66.1 cm³/mol. The number of nitrogens with two attached hydrogens (primary N) is 1. The summed E-state index contributed by atoms with van der Waals surface area (Å²) in [5, 5.41) is 3.57. The molecule has 0 unspecified atom stereocenters. The van der Waals surface area contributed by atoms with Gasteiger partial charge in [0, 0.05) is 36.2 Å². The Bertz CT molecular complexity index is 310. The molecule has 1 fully saturated rings. The van der Waals surface area contributed by atoms with Crippen LogP contribution in [0.25, 0.3) is 0 Å². The van der Waals surface area contributed by atoms with Crippen LogP contribution in [-0.2, 0) is 6.54 Å². The molecule has 0 spiro atoms. The third-order valence-corrected chi connectivity index (χ3v) is 3.75. The van der Waals surface area contributed by atoms with E-state index in [-0.39, 0.29) is 0 Å². The van der Waals surface area contributed by atoms with Crippen LogP contribution >= 0.6 is 11.8 Å². The molecule has 82 valence electrons. The van der Waals surface area contributed by atoms with E-state index < -0.39 is 0 Å². The van der Waals surface area contributed by atoms with Crippen LogP contribution in [0.15, 0.2) is 18.5 Å². The lowest BCUT2D eigenvalue weighted by atomic mass is 10.1. The molecule has 1 saturated heterocycles. The van der Waals surface area contributed by atoms with Crippen LogP contribution in [0.1, 0.15) is 18.4 Å². The average Bonchev–Trinajstić information content (AvgIpc) is 2.31. The number of rotatable bonds is 3. The molecule has 0 amide bonds. The number of pyridine rings is 1. The minimum absolute atomic E-state index is 0.553. The van der Waals surface area contributed by atoms with E-state index in [9.17, 15) is 0 Å². The third-order valence-electron chi connectivity index (χ3n) is 2.70. The Balaban J connectivity index is 2.02. The first-order valence-corrected chi connectivity index (χ1v) is 6.53. The lowest BCUT2D eigenvalue weighted by Crippen LogP contribution is -2.25. The molecule has 1 aromatic heterocycles. The molecule has 3 N–H and O–H groups in total. The van der Waals surface area contributed by atoms with Crippen molar-refractivity contribution in [2.24, 2.45) is 5.73 Å². The van der Waals surface area contributed by atoms with Gasteiger partial charge in [0.25, 0.3) is 0 Å². The fourth-order valence-corrected chi connectivity index (χ4v) is 2.90. The molecule has 0 saturated carbocycles. The Labute approximate surface area is 94.8 Å². The molecule has 0 aromatic carbocycles. The van der Waals surface area contributed by atoms with Crippen LogP contribution < -0.4 is 11.1 Å². The SMILES string of the molecule is NCc1cnccc1NC1CCSCC1. The molecule has 1 aliphatic rings. The number of aromatic nitrogens is 1. The Morgan fingerprint density at radius 1 is 1.47 bits per heavy atom. The predicted octanol–water partition coefficient (Wildman–Crippen LogP) is 1.85. The van der Waals surface area contributed by atoms with E-state index >= 15 is 0 Å². The number of nitrogens with one attached hydrogen (secondary N) is 1. The number of anilines is 1. The standard InChI is InChI=1S/C11H17N3S/c12-7-9-8-13-4-1-11(9)14-10-2-5-15-6-3-10/h1,4,8,10H,2-3,5-7,12H2,(H,13,14). The van der Waals surface area contributed by atoms with Gasteiger partial charge in [-0.2, -0.15) is 11.8 Å². The summed E-state index contributed by atoms with van der Waals surface area (Å²) in [4.78, 5) is 4.09. The fourth-order valence-electron chi connectivity index (χ4n) is 1.79. The van der Waals surface area contributed by atoms with Crippen molar-refractivity contribution in [3.05, 3.63) is 24.0 Å². The number of hydrogen-bond donors (Lipinski definition) is 2. The fraction of sp³-hybridized carbons (Fsp3) is 0.545. The van der Waals surface area contributed by atoms with Gasteiger partial charge in [0.15, 0.2) is 0 Å². The monoisotopic (exact) mass is 223 g/mol. The third kappa shape index (κ3) is 2.86. The van der Waals surface area contributed by atoms with Gasteiger partial charge in [0.2, 0.25) is 0 Å². The summed E-state index contributed by atoms with van der Waals surface area (Å²) in [5.41, 5.74) is 7.94. The van der Waals surface area contributed by atoms with Crippen LogP contribution in [0, 0.1) is 0 Å². The molecular weight excluding hydrogens is 206 g/mol. The molecular formula is C11H17N3S. The highest BCUT2D eigenvalue weighted by Gasteiger charge is 2.14. The Morgan fingerprint density at radius 2 is 2.27 bits per heavy atom. The largest absolute Gasteiger partial charge is 0.382 e. The van der Waals surface area contributed by atoms with Gasteiger partial charge in [-0.05, 0) is 30.4 Å². The molecule has 2 heterocycles. The van der Waals surface area contributed by atoms with Gasteiger partial charge < -0.3 is 11.1 Å². The summed E-state index contributed by atoms with van der Waals surface area (Å²) in [6, 6.07) is 2.63. The average molecular weight is 223 g/mol. The van der Waals surface area contributed by atoms with Crippen LogP contribution in [0.4, 0.5) is 5.69 Å². The van der Waals surface area contributed by atoms with Gasteiger partial charge in [0.05, 0.1) is 0 Å². The second-order valence-corrected chi connectivity index (χ2v) is 4.99. The van der Waals surface area contributed by atoms with Crippen molar-refractivity contribution in [1.29, 1.82) is 0 Å². The smallest absolute Gasteiger partial charge is 0.0418 e. The lowest BCUT2D eigenvalue weighted by molar-refractivity contribution is 0.665. The molecule has 0 radical (unpaired) electrons. The number of hydrogen-bond acceptors (Lipinski definition) is 4. The summed E-state index contributed by atoms with van der Waals surface area (Å²) in [7, 11) is 0. The van der Waals surface area contributed by atoms with Gasteiger partial charge in [-0.1, -0.05) is 0 Å². The molecule has 1 aromatic rings. The van der Waals surface area contributed by atoms with Crippen molar-refractivity contribution in [3.63, 3.8) is 0 Å². The van der Waals surface area contributed by atoms with E-state index in [1.54, 1.807) is 0 Å². The maximum Gasteiger partial charge on any atom is 0.0418 e. The summed E-state index contributed by atoms with van der Waals surface area (Å²) in [5.74, 6) is 2.53. The van der Waals surface area contributed by atoms with E-state index in [0.29, 0.717) is 12.6 Å². The van der Waals surface area contributed by atoms with E-state index in [2.05, 4.69) is 10.3 Å². The Kier molecular flexibility index (Phi) is 3.86. The van der Waals surface area contributed by atoms with Crippen LogP contribution in [0.3, 0.4) is 0 Å². The lowest BCUT2D eigenvalue weighted by Gasteiger charge is -2.24. The molecule has 4 heteroatoms. The first kappa shape index (κ1) is 10.8. The van der Waals surface area contributed by atoms with E-state index in [4.69, 9.17) is 5.73 Å². The van der Waals surface area contributed by atoms with E-state index in [1.165, 1.54) is 24.3 Å². The second-order valence-electron chi connectivity index (χ2n) is 3.77. The Hall–Kier alpha value is -0.740. The highest BCUT2D eigenvalue weighted by molar-refractivity contribution is 7.99. The van der Waals surface area contributed by atoms with Crippen LogP contribution in [0.2, 0.25) is 0 Å². The molecule has 0 atom stereocenters. The maximum absolute atomic E-state index is 5.67. The zero-order chi connectivity index (χ0) is 10.5. The van der Waals surface area contributed by atoms with Crippen molar-refractivity contribution in [1.82, 2.24) is 4.98 Å². The normalized spacial score (nSPS) is 17.7. The van der Waals surface area contributed by atoms with Gasteiger partial charge >= 0.3 is 0 Å². The second kappa shape index (κ2) is 5.37. The molecule has 0 bridgehead atoms. The Morgan fingerprint density at radius 3 is 3.00 bits per heavy atom. The summed E-state index contributed by atoms with van der Waals surface area (Å²) < 4.78 is 0. The van der Waals surface area contributed by atoms with E-state index in [0.717, 1.165) is 11.3 Å². The maximum atomic E-state index is 5.67. The first-order chi connectivity index (χ1) is 7.40. The van der Waals surface area contributed by atoms with Gasteiger partial charge in [-0.3, -0.25) is 4.98 Å². The van der Waals surface area contributed by atoms with E-state index in [1.807, 2.05) is 30.2 Å². The van der Waals surface area contributed by atoms with Gasteiger partial charge in [-0.15, -0.1) is 0 Å². The number of thioether (sulfide) groups is 1. The minimum Gasteiger partial charge on any atom is -0.382 e. The van der Waals surface area contributed by atoms with Crippen LogP contribution in [0.5, 0.6) is 0 Å². The van der Waals surface area contributed by atoms with Crippen molar-refractivity contribution >= 4 is 17.4 Å². The zero-order valence-corrected chi connectivity index (χ0v) is 9.59. The molecule has 3 nitrogen and oxygen atoms in total. The van der Waals surface area contributed by atoms with Crippen molar-refractivity contribution in [2.75, 3.05) is 16.8 Å². The zero-order valence-electron chi connectivity index (χ0n) is 8.78. The van der Waals surface area contributed by atoms with Gasteiger partial charge in [-0.25, -0.2) is 0 Å². The molecule has 2 rings (SSSR count). The van der Waals surface area contributed by atoms with Crippen molar-refractivity contribution in [3.8, 4) is 0 Å². The van der Waals surface area contributed by atoms with Crippen molar-refractivity contribution < 1.29 is 0 Å². The van der Waals surface area contributed by atoms with Gasteiger partial charge in [0.1, 0.15) is 0 Å². The van der Waals surface area contributed by atoms with Crippen LogP contribution in [-0.4, -0.2) is 22.5 Å². The minimum atomic E-state index is 0.553. The summed E-state index contributed by atoms with van der Waals surface area (Å²) >= 11 is 2.04. The van der Waals surface area contributed by atoms with Crippen molar-refractivity contribution in [2.45, 2.75) is 25.4 Å². The quantitative estimate of drug-likeness (QED) is 0.821. The highest BCUT2D eigenvalue weighted by atomic mass is 32.2. The first-order valence-electron chi connectivity index (χ1n) is 5.37. The molecule has 1 aliphatic heterocycles.